The summed E-state index contributed by atoms with van der Waals surface area (Å²) in [4.78, 5) is 41.3. The van der Waals surface area contributed by atoms with E-state index >= 15 is 0 Å². The van der Waals surface area contributed by atoms with Crippen LogP contribution in [0.15, 0.2) is 47.1 Å². The third-order valence-corrected chi connectivity index (χ3v) is 11.0. The van der Waals surface area contributed by atoms with E-state index in [2.05, 4.69) is 28.2 Å². The SMILES string of the molecule is COc1ccc(C2CCCCC2)c2c1cc1n2C(NC(=O)C(=O)N(C)C)=C2C(=C3C=CCCC31)C2C(=O)NS(=O)(=O)CC(C)C. The molecule has 1 aliphatic heterocycles. The number of ether oxygens (including phenoxy) is 1. The molecule has 2 unspecified atom stereocenters. The lowest BCUT2D eigenvalue weighted by Crippen LogP contribution is -2.40. The minimum absolute atomic E-state index is 0.111. The molecule has 1 aromatic heterocycles. The monoisotopic (exact) mass is 634 g/mol. The van der Waals surface area contributed by atoms with E-state index in [-0.39, 0.29) is 17.6 Å². The Morgan fingerprint density at radius 1 is 1.07 bits per heavy atom. The zero-order chi connectivity index (χ0) is 32.2. The first-order chi connectivity index (χ1) is 21.4. The van der Waals surface area contributed by atoms with Gasteiger partial charge < -0.3 is 15.0 Å². The molecule has 0 spiro atoms. The van der Waals surface area contributed by atoms with Crippen molar-refractivity contribution >= 4 is 44.5 Å². The second-order valence-corrected chi connectivity index (χ2v) is 15.0. The number of carbonyl (C=O) groups is 3. The molecule has 1 aromatic carbocycles. The summed E-state index contributed by atoms with van der Waals surface area (Å²) in [6, 6.07) is 6.23. The van der Waals surface area contributed by atoms with E-state index in [9.17, 15) is 22.8 Å². The summed E-state index contributed by atoms with van der Waals surface area (Å²) in [5.74, 6) is -2.23. The normalized spacial score (nSPS) is 21.2. The first-order valence-electron chi connectivity index (χ1n) is 15.9. The van der Waals surface area contributed by atoms with Crippen LogP contribution < -0.4 is 14.8 Å². The number of hydrogen-bond donors (Lipinski definition) is 2. The summed E-state index contributed by atoms with van der Waals surface area (Å²) in [6.45, 7) is 3.56. The molecule has 0 bridgehead atoms. The number of allylic oxidation sites excluding steroid dienone is 3. The largest absolute Gasteiger partial charge is 0.496 e. The summed E-state index contributed by atoms with van der Waals surface area (Å²) < 4.78 is 35.9. The summed E-state index contributed by atoms with van der Waals surface area (Å²) in [5.41, 5.74) is 5.15. The molecule has 2 heterocycles. The predicted molar refractivity (Wildman–Crippen MR) is 173 cm³/mol. The molecule has 2 saturated carbocycles. The molecule has 11 heteroatoms. The van der Waals surface area contributed by atoms with Gasteiger partial charge >= 0.3 is 11.8 Å². The molecule has 2 aromatic rings. The number of nitrogens with one attached hydrogen (secondary N) is 2. The van der Waals surface area contributed by atoms with Crippen LogP contribution in [0, 0.1) is 11.8 Å². The van der Waals surface area contributed by atoms with Crippen molar-refractivity contribution in [2.75, 3.05) is 27.0 Å². The summed E-state index contributed by atoms with van der Waals surface area (Å²) in [6.07, 6.45) is 11.2. The third-order valence-electron chi connectivity index (χ3n) is 9.38. The van der Waals surface area contributed by atoms with Gasteiger partial charge in [-0.3, -0.25) is 23.7 Å². The lowest BCUT2D eigenvalue weighted by atomic mass is 9.83. The number of nitrogens with zero attached hydrogens (tertiary/aromatic N) is 2. The van der Waals surface area contributed by atoms with Crippen molar-refractivity contribution in [3.63, 3.8) is 0 Å². The van der Waals surface area contributed by atoms with Crippen LogP contribution in [0.1, 0.15) is 81.9 Å². The molecule has 0 saturated heterocycles. The van der Waals surface area contributed by atoms with E-state index in [0.717, 1.165) is 66.3 Å². The summed E-state index contributed by atoms with van der Waals surface area (Å²) in [5, 5.41) is 3.81. The van der Waals surface area contributed by atoms with Crippen LogP contribution in [-0.4, -0.2) is 62.6 Å². The molecule has 240 valence electrons. The highest BCUT2D eigenvalue weighted by Gasteiger charge is 2.53. The average Bonchev–Trinajstić information content (AvgIpc) is 3.64. The number of hydrogen-bond acceptors (Lipinski definition) is 6. The van der Waals surface area contributed by atoms with Gasteiger partial charge in [-0.05, 0) is 66.4 Å². The third kappa shape index (κ3) is 5.60. The van der Waals surface area contributed by atoms with Gasteiger partial charge in [-0.15, -0.1) is 0 Å². The molecule has 10 nitrogen and oxygen atoms in total. The lowest BCUT2D eigenvalue weighted by Gasteiger charge is -2.27. The van der Waals surface area contributed by atoms with Crippen LogP contribution in [-0.2, 0) is 24.4 Å². The van der Waals surface area contributed by atoms with Gasteiger partial charge in [0.25, 0.3) is 0 Å². The fourth-order valence-corrected chi connectivity index (χ4v) is 8.84. The molecular formula is C34H42N4O6S. The summed E-state index contributed by atoms with van der Waals surface area (Å²) in [7, 11) is 0.777. The Labute approximate surface area is 264 Å². The van der Waals surface area contributed by atoms with Crippen molar-refractivity contribution in [1.82, 2.24) is 19.5 Å². The standard InChI is InChI=1S/C34H42N4O6S/c1-19(2)18-45(42,43)36-32(39)29-27-23-14-10-9-13-22(23)25-17-24-26(44-5)16-15-21(20-11-7-6-8-12-20)30(24)38(25)31(28(27)29)35-33(40)34(41)37(3)4/h10,14-17,19-20,22,29H,6-9,11-13,18H2,1-5H3,(H,35,40)(H,36,39). The van der Waals surface area contributed by atoms with Crippen molar-refractivity contribution in [2.24, 2.45) is 11.8 Å². The Kier molecular flexibility index (Phi) is 8.18. The summed E-state index contributed by atoms with van der Waals surface area (Å²) >= 11 is 0. The quantitative estimate of drug-likeness (QED) is 0.431. The Balaban J connectivity index is 1.61. The zero-order valence-electron chi connectivity index (χ0n) is 26.6. The first kappa shape index (κ1) is 31.1. The predicted octanol–water partition coefficient (Wildman–Crippen LogP) is 4.55. The highest BCUT2D eigenvalue weighted by atomic mass is 32.2. The minimum Gasteiger partial charge on any atom is -0.496 e. The van der Waals surface area contributed by atoms with Crippen LogP contribution in [0.3, 0.4) is 0 Å². The molecule has 2 N–H and O–H groups in total. The van der Waals surface area contributed by atoms with Crippen LogP contribution in [0.4, 0.5) is 0 Å². The molecule has 45 heavy (non-hydrogen) atoms. The number of aromatic nitrogens is 1. The number of likely N-dealkylation sites (N-methyl/N-ethyl adjacent to an activating group) is 1. The van der Waals surface area contributed by atoms with Crippen LogP contribution in [0.25, 0.3) is 16.7 Å². The van der Waals surface area contributed by atoms with Gasteiger partial charge in [0.05, 0.1) is 24.3 Å². The van der Waals surface area contributed by atoms with Crippen molar-refractivity contribution in [2.45, 2.75) is 70.6 Å². The van der Waals surface area contributed by atoms with E-state index in [1.54, 1.807) is 21.0 Å². The molecule has 2 atom stereocenters. The van der Waals surface area contributed by atoms with Crippen molar-refractivity contribution in [3.05, 3.63) is 58.3 Å². The number of fused-ring (bicyclic) bond motifs is 6. The number of rotatable bonds is 7. The van der Waals surface area contributed by atoms with Gasteiger partial charge in [-0.1, -0.05) is 51.3 Å². The molecule has 4 aliphatic rings. The van der Waals surface area contributed by atoms with Crippen molar-refractivity contribution in [3.8, 4) is 5.75 Å². The average molecular weight is 635 g/mol. The van der Waals surface area contributed by atoms with Gasteiger partial charge in [0, 0.05) is 36.7 Å². The van der Waals surface area contributed by atoms with Crippen LogP contribution in [0.5, 0.6) is 5.75 Å². The molecule has 3 aliphatic carbocycles. The highest BCUT2D eigenvalue weighted by molar-refractivity contribution is 7.90. The number of amides is 3. The Morgan fingerprint density at radius 2 is 1.80 bits per heavy atom. The van der Waals surface area contributed by atoms with Crippen LogP contribution in [0.2, 0.25) is 0 Å². The lowest BCUT2D eigenvalue weighted by molar-refractivity contribution is -0.143. The topological polar surface area (TPSA) is 127 Å². The fraction of sp³-hybridized carbons (Fsp3) is 0.500. The van der Waals surface area contributed by atoms with E-state index in [4.69, 9.17) is 4.74 Å². The second-order valence-electron chi connectivity index (χ2n) is 13.3. The van der Waals surface area contributed by atoms with E-state index in [0.29, 0.717) is 28.6 Å². The number of benzene rings is 1. The van der Waals surface area contributed by atoms with Crippen molar-refractivity contribution in [1.29, 1.82) is 0 Å². The maximum Gasteiger partial charge on any atom is 0.315 e. The fourth-order valence-electron chi connectivity index (χ4n) is 7.46. The van der Waals surface area contributed by atoms with Gasteiger partial charge in [0.1, 0.15) is 11.6 Å². The molecule has 3 amide bonds. The molecular weight excluding hydrogens is 592 g/mol. The van der Waals surface area contributed by atoms with E-state index in [1.807, 2.05) is 16.7 Å². The molecule has 0 radical (unpaired) electrons. The Hall–Kier alpha value is -3.86. The number of carbonyl (C=O) groups excluding carboxylic acids is 3. The van der Waals surface area contributed by atoms with E-state index in [1.165, 1.54) is 25.4 Å². The maximum atomic E-state index is 13.8. The second kappa shape index (κ2) is 11.8. The van der Waals surface area contributed by atoms with Gasteiger partial charge in [-0.2, -0.15) is 0 Å². The molecule has 6 rings (SSSR count). The number of sulfonamides is 1. The van der Waals surface area contributed by atoms with Gasteiger partial charge in [0.2, 0.25) is 15.9 Å². The van der Waals surface area contributed by atoms with Gasteiger partial charge in [0.15, 0.2) is 0 Å². The van der Waals surface area contributed by atoms with Crippen LogP contribution >= 0.6 is 0 Å². The zero-order valence-corrected chi connectivity index (χ0v) is 27.4. The minimum atomic E-state index is -3.88. The number of methoxy groups -OCH3 is 1. The first-order valence-corrected chi connectivity index (χ1v) is 17.5. The highest BCUT2D eigenvalue weighted by Crippen LogP contribution is 2.58. The maximum absolute atomic E-state index is 13.8. The van der Waals surface area contributed by atoms with Gasteiger partial charge in [-0.25, -0.2) is 8.42 Å². The van der Waals surface area contributed by atoms with E-state index < -0.39 is 33.7 Å². The molecule has 2 fully saturated rings. The Bertz CT molecular complexity index is 1790. The smallest absolute Gasteiger partial charge is 0.315 e. The Morgan fingerprint density at radius 3 is 2.47 bits per heavy atom. The van der Waals surface area contributed by atoms with Crippen molar-refractivity contribution < 1.29 is 27.5 Å².